The van der Waals surface area contributed by atoms with Crippen LogP contribution in [-0.2, 0) is 9.53 Å². The summed E-state index contributed by atoms with van der Waals surface area (Å²) in [7, 11) is 0. The number of nitrogens with zero attached hydrogens (tertiary/aromatic N) is 1. The van der Waals surface area contributed by atoms with Gasteiger partial charge in [0.2, 0.25) is 0 Å². The average Bonchev–Trinajstić information content (AvgIpc) is 2.55. The van der Waals surface area contributed by atoms with E-state index in [1.54, 1.807) is 0 Å². The Morgan fingerprint density at radius 2 is 1.96 bits per heavy atom. The summed E-state index contributed by atoms with van der Waals surface area (Å²) in [5, 5.41) is 2.90. The maximum Gasteiger partial charge on any atom is 0.257 e. The SMILES string of the molecule is Cc1cc(OCC(=O)NCCCN2CCOCC2)cc(C)c1Br. The van der Waals surface area contributed by atoms with Crippen LogP contribution in [0, 0.1) is 13.8 Å². The van der Waals surface area contributed by atoms with Gasteiger partial charge in [-0.1, -0.05) is 15.9 Å². The van der Waals surface area contributed by atoms with Gasteiger partial charge in [0.25, 0.3) is 5.91 Å². The van der Waals surface area contributed by atoms with Crippen molar-refractivity contribution in [1.29, 1.82) is 0 Å². The molecule has 0 saturated carbocycles. The highest BCUT2D eigenvalue weighted by atomic mass is 79.9. The first-order valence-electron chi connectivity index (χ1n) is 8.02. The van der Waals surface area contributed by atoms with Crippen molar-refractivity contribution >= 4 is 21.8 Å². The highest BCUT2D eigenvalue weighted by Gasteiger charge is 2.10. The topological polar surface area (TPSA) is 50.8 Å². The van der Waals surface area contributed by atoms with E-state index in [1.807, 2.05) is 26.0 Å². The van der Waals surface area contributed by atoms with Gasteiger partial charge in [-0.05, 0) is 50.1 Å². The first kappa shape index (κ1) is 18.2. The van der Waals surface area contributed by atoms with Crippen LogP contribution in [0.25, 0.3) is 0 Å². The third-order valence-electron chi connectivity index (χ3n) is 3.86. The van der Waals surface area contributed by atoms with Gasteiger partial charge in [-0.3, -0.25) is 9.69 Å². The highest BCUT2D eigenvalue weighted by molar-refractivity contribution is 9.10. The van der Waals surface area contributed by atoms with E-state index in [0.717, 1.165) is 60.6 Å². The lowest BCUT2D eigenvalue weighted by Gasteiger charge is -2.26. The second kappa shape index (κ2) is 9.25. The first-order valence-corrected chi connectivity index (χ1v) is 8.82. The molecule has 5 nitrogen and oxygen atoms in total. The maximum atomic E-state index is 11.8. The Balaban J connectivity index is 1.63. The third kappa shape index (κ3) is 6.12. The normalized spacial score (nSPS) is 15.4. The molecule has 1 aliphatic rings. The van der Waals surface area contributed by atoms with Crippen LogP contribution in [0.1, 0.15) is 17.5 Å². The van der Waals surface area contributed by atoms with Crippen molar-refractivity contribution in [2.75, 3.05) is 46.0 Å². The van der Waals surface area contributed by atoms with Crippen molar-refractivity contribution in [2.45, 2.75) is 20.3 Å². The zero-order chi connectivity index (χ0) is 16.7. The molecule has 1 aromatic carbocycles. The van der Waals surface area contributed by atoms with Gasteiger partial charge in [0.1, 0.15) is 5.75 Å². The van der Waals surface area contributed by atoms with E-state index >= 15 is 0 Å². The number of aryl methyl sites for hydroxylation is 2. The summed E-state index contributed by atoms with van der Waals surface area (Å²) in [5.74, 6) is 0.650. The van der Waals surface area contributed by atoms with Crippen LogP contribution < -0.4 is 10.1 Å². The molecule has 2 rings (SSSR count). The molecule has 1 amide bonds. The molecule has 1 saturated heterocycles. The fraction of sp³-hybridized carbons (Fsp3) is 0.588. The number of carbonyl (C=O) groups is 1. The number of hydrogen-bond donors (Lipinski definition) is 1. The first-order chi connectivity index (χ1) is 11.1. The smallest absolute Gasteiger partial charge is 0.257 e. The second-order valence-corrected chi connectivity index (χ2v) is 6.61. The van der Waals surface area contributed by atoms with Crippen molar-refractivity contribution in [3.8, 4) is 5.75 Å². The van der Waals surface area contributed by atoms with Gasteiger partial charge < -0.3 is 14.8 Å². The Hall–Kier alpha value is -1.11. The van der Waals surface area contributed by atoms with Crippen LogP contribution in [0.3, 0.4) is 0 Å². The van der Waals surface area contributed by atoms with Crippen molar-refractivity contribution < 1.29 is 14.3 Å². The molecule has 0 spiro atoms. The summed E-state index contributed by atoms with van der Waals surface area (Å²) in [4.78, 5) is 14.2. The van der Waals surface area contributed by atoms with E-state index in [9.17, 15) is 4.79 Å². The van der Waals surface area contributed by atoms with E-state index in [2.05, 4.69) is 26.1 Å². The van der Waals surface area contributed by atoms with Crippen LogP contribution in [0.15, 0.2) is 16.6 Å². The molecule has 23 heavy (non-hydrogen) atoms. The number of halogens is 1. The lowest BCUT2D eigenvalue weighted by Crippen LogP contribution is -2.38. The monoisotopic (exact) mass is 384 g/mol. The van der Waals surface area contributed by atoms with Crippen LogP contribution in [-0.4, -0.2) is 56.8 Å². The minimum atomic E-state index is -0.0785. The molecule has 1 heterocycles. The number of nitrogens with one attached hydrogen (secondary N) is 1. The number of ether oxygens (including phenoxy) is 2. The highest BCUT2D eigenvalue weighted by Crippen LogP contribution is 2.26. The summed E-state index contributed by atoms with van der Waals surface area (Å²) in [6, 6.07) is 3.87. The largest absolute Gasteiger partial charge is 0.484 e. The molecule has 1 N–H and O–H groups in total. The zero-order valence-electron chi connectivity index (χ0n) is 13.9. The minimum absolute atomic E-state index is 0.0536. The lowest BCUT2D eigenvalue weighted by molar-refractivity contribution is -0.123. The Morgan fingerprint density at radius 3 is 2.61 bits per heavy atom. The Labute approximate surface area is 146 Å². The molecule has 128 valence electrons. The average molecular weight is 385 g/mol. The predicted molar refractivity (Wildman–Crippen MR) is 94.0 cm³/mol. The quantitative estimate of drug-likeness (QED) is 0.732. The molecule has 0 bridgehead atoms. The molecular weight excluding hydrogens is 360 g/mol. The van der Waals surface area contributed by atoms with E-state index in [4.69, 9.17) is 9.47 Å². The maximum absolute atomic E-state index is 11.8. The van der Waals surface area contributed by atoms with Gasteiger partial charge in [-0.2, -0.15) is 0 Å². The summed E-state index contributed by atoms with van der Waals surface area (Å²) in [6.45, 7) is 9.34. The summed E-state index contributed by atoms with van der Waals surface area (Å²) >= 11 is 3.52. The van der Waals surface area contributed by atoms with Crippen LogP contribution in [0.4, 0.5) is 0 Å². The van der Waals surface area contributed by atoms with E-state index in [-0.39, 0.29) is 12.5 Å². The number of hydrogen-bond acceptors (Lipinski definition) is 4. The van der Waals surface area contributed by atoms with Gasteiger partial charge in [-0.15, -0.1) is 0 Å². The van der Waals surface area contributed by atoms with Gasteiger partial charge in [0.05, 0.1) is 13.2 Å². The number of benzene rings is 1. The van der Waals surface area contributed by atoms with Crippen LogP contribution in [0.2, 0.25) is 0 Å². The zero-order valence-corrected chi connectivity index (χ0v) is 15.4. The predicted octanol–water partition coefficient (Wildman–Crippen LogP) is 2.28. The van der Waals surface area contributed by atoms with Gasteiger partial charge >= 0.3 is 0 Å². The fourth-order valence-corrected chi connectivity index (χ4v) is 2.77. The summed E-state index contributed by atoms with van der Waals surface area (Å²) in [5.41, 5.74) is 2.21. The van der Waals surface area contributed by atoms with Gasteiger partial charge in [0, 0.05) is 24.1 Å². The van der Waals surface area contributed by atoms with Gasteiger partial charge in [-0.25, -0.2) is 0 Å². The Kier molecular flexibility index (Phi) is 7.33. The van der Waals surface area contributed by atoms with Crippen LogP contribution >= 0.6 is 15.9 Å². The Bertz CT molecular complexity index is 508. The summed E-state index contributed by atoms with van der Waals surface area (Å²) in [6.07, 6.45) is 0.947. The van der Waals surface area contributed by atoms with Crippen LogP contribution in [0.5, 0.6) is 5.75 Å². The minimum Gasteiger partial charge on any atom is -0.484 e. The molecule has 0 radical (unpaired) electrons. The summed E-state index contributed by atoms with van der Waals surface area (Å²) < 4.78 is 12.0. The van der Waals surface area contributed by atoms with Crippen molar-refractivity contribution in [3.05, 3.63) is 27.7 Å². The molecule has 1 fully saturated rings. The van der Waals surface area contributed by atoms with Crippen molar-refractivity contribution in [1.82, 2.24) is 10.2 Å². The van der Waals surface area contributed by atoms with Crippen molar-refractivity contribution in [3.63, 3.8) is 0 Å². The Morgan fingerprint density at radius 1 is 1.30 bits per heavy atom. The third-order valence-corrected chi connectivity index (χ3v) is 5.11. The molecule has 1 aromatic rings. The van der Waals surface area contributed by atoms with E-state index in [1.165, 1.54) is 0 Å². The second-order valence-electron chi connectivity index (χ2n) is 5.82. The molecule has 0 unspecified atom stereocenters. The molecule has 1 aliphatic heterocycles. The van der Waals surface area contributed by atoms with Gasteiger partial charge in [0.15, 0.2) is 6.61 Å². The van der Waals surface area contributed by atoms with Crippen molar-refractivity contribution in [2.24, 2.45) is 0 Å². The molecule has 0 atom stereocenters. The molecule has 6 heteroatoms. The number of amides is 1. The molecule has 0 aromatic heterocycles. The standard InChI is InChI=1S/C17H25BrN2O3/c1-13-10-15(11-14(2)17(13)18)23-12-16(21)19-4-3-5-20-6-8-22-9-7-20/h10-11H,3-9,12H2,1-2H3,(H,19,21). The van der Waals surface area contributed by atoms with E-state index < -0.39 is 0 Å². The number of morpholine rings is 1. The lowest BCUT2D eigenvalue weighted by atomic mass is 10.1. The number of rotatable bonds is 7. The van der Waals surface area contributed by atoms with E-state index in [0.29, 0.717) is 6.54 Å². The fourth-order valence-electron chi connectivity index (χ4n) is 2.54. The molecular formula is C17H25BrN2O3. The number of carbonyl (C=O) groups excluding carboxylic acids is 1. The molecule has 0 aliphatic carbocycles.